The maximum atomic E-state index is 11.2. The summed E-state index contributed by atoms with van der Waals surface area (Å²) in [6.45, 7) is 1.78. The average Bonchev–Trinajstić information content (AvgIpc) is 2.82. The Morgan fingerprint density at radius 1 is 1.50 bits per heavy atom. The van der Waals surface area contributed by atoms with Crippen molar-refractivity contribution < 1.29 is 8.42 Å². The van der Waals surface area contributed by atoms with Crippen molar-refractivity contribution in [3.63, 3.8) is 0 Å². The van der Waals surface area contributed by atoms with E-state index in [0.29, 0.717) is 11.5 Å². The molecule has 1 atom stereocenters. The number of nitrogens with one attached hydrogen (secondary N) is 1. The highest BCUT2D eigenvalue weighted by molar-refractivity contribution is 7.91. The van der Waals surface area contributed by atoms with Crippen LogP contribution < -0.4 is 5.32 Å². The molecule has 0 radical (unpaired) electrons. The Balaban J connectivity index is 1.62. The fraction of sp³-hybridized carbons (Fsp3) is 0.700. The quantitative estimate of drug-likeness (QED) is 0.742. The van der Waals surface area contributed by atoms with Crippen LogP contribution in [0.5, 0.6) is 0 Å². The molecule has 1 aromatic heterocycles. The van der Waals surface area contributed by atoms with Crippen molar-refractivity contribution in [2.75, 3.05) is 18.1 Å². The minimum Gasteiger partial charge on any atom is -0.337 e. The van der Waals surface area contributed by atoms with Crippen LogP contribution >= 0.6 is 0 Å². The van der Waals surface area contributed by atoms with Crippen LogP contribution in [0, 0.1) is 0 Å². The van der Waals surface area contributed by atoms with Crippen molar-refractivity contribution >= 4 is 9.84 Å². The first-order valence-corrected chi connectivity index (χ1v) is 7.37. The molecule has 2 heterocycles. The Hall–Kier alpha value is -0.880. The molecular weight excluding hydrogens is 226 g/mol. The van der Waals surface area contributed by atoms with Crippen LogP contribution in [0.25, 0.3) is 0 Å². The molecule has 1 aliphatic heterocycles. The summed E-state index contributed by atoms with van der Waals surface area (Å²) in [4.78, 5) is 3.96. The Kier molecular flexibility index (Phi) is 3.60. The van der Waals surface area contributed by atoms with Gasteiger partial charge in [-0.05, 0) is 19.4 Å². The van der Waals surface area contributed by atoms with E-state index >= 15 is 0 Å². The molecule has 1 aliphatic rings. The lowest BCUT2D eigenvalue weighted by atomic mass is 10.2. The van der Waals surface area contributed by atoms with E-state index in [-0.39, 0.29) is 6.04 Å². The van der Waals surface area contributed by atoms with E-state index in [9.17, 15) is 8.42 Å². The molecule has 5 nitrogen and oxygen atoms in total. The number of rotatable bonds is 5. The van der Waals surface area contributed by atoms with Gasteiger partial charge in [-0.15, -0.1) is 0 Å². The van der Waals surface area contributed by atoms with Crippen LogP contribution in [0.4, 0.5) is 0 Å². The molecule has 1 saturated heterocycles. The van der Waals surface area contributed by atoms with Gasteiger partial charge >= 0.3 is 0 Å². The number of nitrogens with zero attached hydrogens (tertiary/aromatic N) is 2. The monoisotopic (exact) mass is 243 g/mol. The summed E-state index contributed by atoms with van der Waals surface area (Å²) < 4.78 is 24.4. The second-order valence-corrected chi connectivity index (χ2v) is 6.44. The first-order chi connectivity index (χ1) is 7.66. The van der Waals surface area contributed by atoms with Gasteiger partial charge in [0.15, 0.2) is 9.84 Å². The third-order valence-electron chi connectivity index (χ3n) is 2.82. The van der Waals surface area contributed by atoms with E-state index in [4.69, 9.17) is 0 Å². The minimum atomic E-state index is -2.75. The number of aryl methyl sites for hydroxylation is 1. The van der Waals surface area contributed by atoms with Gasteiger partial charge in [-0.1, -0.05) is 0 Å². The van der Waals surface area contributed by atoms with E-state index in [1.54, 1.807) is 12.5 Å². The lowest BCUT2D eigenvalue weighted by Crippen LogP contribution is -2.31. The van der Waals surface area contributed by atoms with Gasteiger partial charge < -0.3 is 9.88 Å². The van der Waals surface area contributed by atoms with Crippen LogP contribution in [-0.4, -0.2) is 42.1 Å². The van der Waals surface area contributed by atoms with E-state index in [1.165, 1.54) is 0 Å². The molecule has 0 saturated carbocycles. The fourth-order valence-electron chi connectivity index (χ4n) is 1.94. The predicted octanol–water partition coefficient (Wildman–Crippen LogP) is 0.0499. The van der Waals surface area contributed by atoms with Gasteiger partial charge in [0.05, 0.1) is 17.8 Å². The number of aromatic nitrogens is 2. The van der Waals surface area contributed by atoms with Gasteiger partial charge in [0.2, 0.25) is 0 Å². The zero-order valence-corrected chi connectivity index (χ0v) is 9.99. The summed E-state index contributed by atoms with van der Waals surface area (Å²) in [6, 6.07) is 0.160. The molecule has 0 aromatic carbocycles. The fourth-order valence-corrected chi connectivity index (χ4v) is 3.65. The number of hydrogen-bond donors (Lipinski definition) is 1. The SMILES string of the molecule is O=S1(=O)CCC(NCCCn2ccnc2)C1. The first kappa shape index (κ1) is 11.6. The summed E-state index contributed by atoms with van der Waals surface area (Å²) in [5.74, 6) is 0.643. The highest BCUT2D eigenvalue weighted by atomic mass is 32.2. The van der Waals surface area contributed by atoms with Crippen molar-refractivity contribution in [2.45, 2.75) is 25.4 Å². The molecule has 6 heteroatoms. The summed E-state index contributed by atoms with van der Waals surface area (Å²) >= 11 is 0. The lowest BCUT2D eigenvalue weighted by Gasteiger charge is -2.10. The summed E-state index contributed by atoms with van der Waals surface area (Å²) in [6.07, 6.45) is 7.23. The number of sulfone groups is 1. The molecule has 1 unspecified atom stereocenters. The van der Waals surface area contributed by atoms with Crippen LogP contribution in [0.3, 0.4) is 0 Å². The Morgan fingerprint density at radius 2 is 2.38 bits per heavy atom. The van der Waals surface area contributed by atoms with E-state index in [2.05, 4.69) is 10.3 Å². The van der Waals surface area contributed by atoms with Gasteiger partial charge in [-0.25, -0.2) is 13.4 Å². The summed E-state index contributed by atoms with van der Waals surface area (Å²) in [5.41, 5.74) is 0. The Bertz CT molecular complexity index is 413. The Labute approximate surface area is 95.8 Å². The van der Waals surface area contributed by atoms with E-state index in [1.807, 2.05) is 10.8 Å². The zero-order chi connectivity index (χ0) is 11.4. The van der Waals surface area contributed by atoms with Gasteiger partial charge in [0, 0.05) is 25.0 Å². The molecule has 90 valence electrons. The minimum absolute atomic E-state index is 0.160. The maximum Gasteiger partial charge on any atom is 0.151 e. The van der Waals surface area contributed by atoms with Crippen LogP contribution in [0.1, 0.15) is 12.8 Å². The first-order valence-electron chi connectivity index (χ1n) is 5.55. The van der Waals surface area contributed by atoms with Gasteiger partial charge in [-0.2, -0.15) is 0 Å². The highest BCUT2D eigenvalue weighted by Crippen LogP contribution is 2.10. The van der Waals surface area contributed by atoms with Gasteiger partial charge in [0.1, 0.15) is 0 Å². The second kappa shape index (κ2) is 4.97. The smallest absolute Gasteiger partial charge is 0.151 e. The van der Waals surface area contributed by atoms with E-state index in [0.717, 1.165) is 25.9 Å². The molecule has 0 spiro atoms. The third-order valence-corrected chi connectivity index (χ3v) is 4.59. The molecule has 0 amide bonds. The molecule has 0 aliphatic carbocycles. The maximum absolute atomic E-state index is 11.2. The Morgan fingerprint density at radius 3 is 3.00 bits per heavy atom. The zero-order valence-electron chi connectivity index (χ0n) is 9.17. The van der Waals surface area contributed by atoms with Crippen LogP contribution in [0.15, 0.2) is 18.7 Å². The molecule has 2 rings (SSSR count). The molecule has 1 fully saturated rings. The molecule has 1 aromatic rings. The van der Waals surface area contributed by atoms with Crippen molar-refractivity contribution in [1.29, 1.82) is 0 Å². The predicted molar refractivity (Wildman–Crippen MR) is 61.9 cm³/mol. The molecular formula is C10H17N3O2S. The van der Waals surface area contributed by atoms with E-state index < -0.39 is 9.84 Å². The highest BCUT2D eigenvalue weighted by Gasteiger charge is 2.26. The molecule has 1 N–H and O–H groups in total. The second-order valence-electron chi connectivity index (χ2n) is 4.21. The summed E-state index contributed by atoms with van der Waals surface area (Å²) in [5, 5.41) is 3.29. The normalized spacial score (nSPS) is 23.6. The van der Waals surface area contributed by atoms with Crippen LogP contribution in [0.2, 0.25) is 0 Å². The topological polar surface area (TPSA) is 64.0 Å². The summed E-state index contributed by atoms with van der Waals surface area (Å²) in [7, 11) is -2.75. The van der Waals surface area contributed by atoms with Gasteiger partial charge in [-0.3, -0.25) is 0 Å². The van der Waals surface area contributed by atoms with Crippen molar-refractivity contribution in [1.82, 2.24) is 14.9 Å². The third kappa shape index (κ3) is 3.31. The molecule has 16 heavy (non-hydrogen) atoms. The number of imidazole rings is 1. The van der Waals surface area contributed by atoms with Crippen molar-refractivity contribution in [3.8, 4) is 0 Å². The number of hydrogen-bond acceptors (Lipinski definition) is 4. The van der Waals surface area contributed by atoms with Crippen molar-refractivity contribution in [3.05, 3.63) is 18.7 Å². The standard InChI is InChI=1S/C10H17N3O2S/c14-16(15)7-2-10(8-16)12-3-1-5-13-6-4-11-9-13/h4,6,9-10,12H,1-3,5,7-8H2. The average molecular weight is 243 g/mol. The van der Waals surface area contributed by atoms with Crippen molar-refractivity contribution in [2.24, 2.45) is 0 Å². The van der Waals surface area contributed by atoms with Crippen LogP contribution in [-0.2, 0) is 16.4 Å². The molecule has 0 bridgehead atoms. The largest absolute Gasteiger partial charge is 0.337 e. The lowest BCUT2D eigenvalue weighted by molar-refractivity contribution is 0.516. The van der Waals surface area contributed by atoms with Gasteiger partial charge in [0.25, 0.3) is 0 Å².